The quantitative estimate of drug-likeness (QED) is 0.0769. The van der Waals surface area contributed by atoms with Gasteiger partial charge in [-0.3, -0.25) is 0 Å². The molecule has 0 amide bonds. The molecule has 0 N–H and O–H groups in total. The van der Waals surface area contributed by atoms with Crippen molar-refractivity contribution in [3.05, 3.63) is 427 Å². The van der Waals surface area contributed by atoms with Crippen molar-refractivity contribution >= 4 is 0 Å². The van der Waals surface area contributed by atoms with E-state index in [1.807, 2.05) is 0 Å². The Morgan fingerprint density at radius 2 is 0.433 bits per heavy atom. The van der Waals surface area contributed by atoms with E-state index in [1.54, 1.807) is 0 Å². The highest BCUT2D eigenvalue weighted by atomic mass is 15.1. The number of hydrogen-bond acceptors (Lipinski definition) is 0. The first kappa shape index (κ1) is 103. The van der Waals surface area contributed by atoms with E-state index in [-0.39, 0.29) is 0 Å². The number of benzene rings is 8. The van der Waals surface area contributed by atoms with Gasteiger partial charge in [0.1, 0.15) is 63.7 Å². The summed E-state index contributed by atoms with van der Waals surface area (Å²) in [6.45, 7) is 63.3. The normalized spacial score (nSPS) is 11.3. The highest BCUT2D eigenvalue weighted by Gasteiger charge is 2.34. The van der Waals surface area contributed by atoms with Gasteiger partial charge in [0, 0.05) is 106 Å². The molecule has 141 heavy (non-hydrogen) atoms. The lowest BCUT2D eigenvalue weighted by atomic mass is 9.88. The van der Waals surface area contributed by atoms with Crippen molar-refractivity contribution in [2.45, 2.75) is 223 Å². The van der Waals surface area contributed by atoms with E-state index < -0.39 is 0 Å². The Kier molecular flexibility index (Phi) is 31.9. The molecule has 8 aromatic carbocycles. The predicted octanol–water partition coefficient (Wildman–Crippen LogP) is 31.0. The van der Waals surface area contributed by atoms with E-state index in [9.17, 15) is 0 Å². The molecule has 0 fully saturated rings. The van der Waals surface area contributed by atoms with Crippen molar-refractivity contribution in [1.82, 2.24) is 22.8 Å². The fourth-order valence-electron chi connectivity index (χ4n) is 21.1. The van der Waals surface area contributed by atoms with Gasteiger partial charge in [-0.25, -0.2) is 0 Å². The molecule has 18 rings (SSSR count). The number of nitrogens with zero attached hydrogens (tertiary/aromatic N) is 10. The lowest BCUT2D eigenvalue weighted by Crippen LogP contribution is -2.31. The van der Waals surface area contributed by atoms with Crippen LogP contribution in [0.4, 0.5) is 0 Å². The van der Waals surface area contributed by atoms with Crippen molar-refractivity contribution in [1.29, 1.82) is 0 Å². The van der Waals surface area contributed by atoms with Crippen molar-refractivity contribution < 1.29 is 22.8 Å². The van der Waals surface area contributed by atoms with Gasteiger partial charge in [-0.15, -0.1) is 0 Å². The van der Waals surface area contributed by atoms with Crippen LogP contribution < -0.4 is 22.8 Å². The molecule has 0 aliphatic heterocycles. The second kappa shape index (κ2) is 43.7. The van der Waals surface area contributed by atoms with Crippen LogP contribution >= 0.6 is 0 Å². The van der Waals surface area contributed by atoms with Gasteiger partial charge >= 0.3 is 0 Å². The summed E-state index contributed by atoms with van der Waals surface area (Å²) < 4.78 is 23.5. The van der Waals surface area contributed by atoms with Crippen LogP contribution in [0.15, 0.2) is 298 Å². The second-order valence-electron chi connectivity index (χ2n) is 40.7. The van der Waals surface area contributed by atoms with Crippen molar-refractivity contribution in [2.75, 3.05) is 0 Å². The summed E-state index contributed by atoms with van der Waals surface area (Å²) in [4.78, 5) is 0. The molecule has 0 atom stereocenters. The zero-order valence-corrected chi connectivity index (χ0v) is 90.6. The number of para-hydroxylation sites is 3. The van der Waals surface area contributed by atoms with Crippen LogP contribution in [-0.4, -0.2) is 22.8 Å². The lowest BCUT2D eigenvalue weighted by molar-refractivity contribution is -0.660. The monoisotopic (exact) mass is 1870 g/mol. The van der Waals surface area contributed by atoms with E-state index in [1.165, 1.54) is 247 Å². The maximum absolute atomic E-state index is 2.54. The largest absolute Gasteiger partial charge is 0.308 e. The summed E-state index contributed by atoms with van der Waals surface area (Å²) in [5.41, 5.74) is 57.7. The smallest absolute Gasteiger partial charge is 0.229 e. The van der Waals surface area contributed by atoms with Gasteiger partial charge < -0.3 is 22.8 Å². The first-order valence-corrected chi connectivity index (χ1v) is 50.8. The van der Waals surface area contributed by atoms with Gasteiger partial charge in [-0.2, -0.15) is 22.8 Å². The average Bonchev–Trinajstić information content (AvgIpc) is 1.64. The topological polar surface area (TPSA) is 44.0 Å². The third-order valence-corrected chi connectivity index (χ3v) is 30.0. The van der Waals surface area contributed by atoms with Crippen LogP contribution in [0.1, 0.15) is 227 Å². The zero-order chi connectivity index (χ0) is 102. The van der Waals surface area contributed by atoms with Gasteiger partial charge in [0.05, 0.1) is 22.7 Å². The fourth-order valence-corrected chi connectivity index (χ4v) is 21.1. The Morgan fingerprint density at radius 1 is 0.191 bits per heavy atom. The molecule has 0 spiro atoms. The number of pyridine rings is 5. The highest BCUT2D eigenvalue weighted by Crippen LogP contribution is 2.47. The minimum Gasteiger partial charge on any atom is -0.308 e. The van der Waals surface area contributed by atoms with E-state index in [4.69, 9.17) is 0 Å². The molecule has 0 unspecified atom stereocenters. The molecule has 10 heteroatoms. The molecule has 0 radical (unpaired) electrons. The molecule has 0 aliphatic rings. The number of rotatable bonds is 18. The average molecular weight is 1870 g/mol. The predicted molar refractivity (Wildman–Crippen MR) is 594 cm³/mol. The lowest BCUT2D eigenvalue weighted by Gasteiger charge is -2.25. The molecule has 10 nitrogen and oxygen atoms in total. The third kappa shape index (κ3) is 20.4. The van der Waals surface area contributed by atoms with Crippen LogP contribution in [0.25, 0.3) is 119 Å². The van der Waals surface area contributed by atoms with Crippen LogP contribution in [0.2, 0.25) is 0 Å². The molecule has 722 valence electrons. The van der Waals surface area contributed by atoms with E-state index in [0.717, 1.165) is 0 Å². The first-order valence-electron chi connectivity index (χ1n) is 50.8. The van der Waals surface area contributed by atoms with Crippen molar-refractivity contribution in [2.24, 2.45) is 35.2 Å². The summed E-state index contributed by atoms with van der Waals surface area (Å²) >= 11 is 0. The molecular formula is C131H153N10+5. The van der Waals surface area contributed by atoms with Crippen molar-refractivity contribution in [3.63, 3.8) is 0 Å². The Balaban J connectivity index is 0.000000141. The molecule has 0 bridgehead atoms. The van der Waals surface area contributed by atoms with Gasteiger partial charge in [0.25, 0.3) is 0 Å². The summed E-state index contributed by atoms with van der Waals surface area (Å²) in [5.74, 6) is 2.24. The van der Waals surface area contributed by atoms with Gasteiger partial charge in [0.2, 0.25) is 28.5 Å². The van der Waals surface area contributed by atoms with Gasteiger partial charge in [-0.05, 0) is 320 Å². The molecule has 18 aromatic rings. The maximum atomic E-state index is 2.54. The number of hydrogen-bond donors (Lipinski definition) is 0. The number of aromatic nitrogens is 10. The Hall–Kier alpha value is -14.1. The van der Waals surface area contributed by atoms with Crippen LogP contribution in [0.5, 0.6) is 0 Å². The van der Waals surface area contributed by atoms with Crippen LogP contribution in [-0.2, 0) is 35.2 Å². The SMILES string of the molecule is Cc1c(C)c(-c2cccc[n+]2C)n(-c2c(-c3ccccc3)cccc2-c2ccccc2)c1C.Cc1c(C)c(-c2cccc[n+]2C)n(-c2c(C(C)C)cc(-c3ccccc3)cc2C(C)C)c1C.Cc1c(C)c(-c2cccc[n+]2C)n(-c2c(C(C)C)cccc2C(C)C)c1C.Cc1c(C)c(-c2cccc[n+]2C)n(-c2ccccc2C(C)C)c1C.Cc1cc(C)c(-n2c(C)c(C)c(C)c2-c2cccc[n+]2C)c(C)c1. The summed E-state index contributed by atoms with van der Waals surface area (Å²) in [7, 11) is 10.6. The van der Waals surface area contributed by atoms with E-state index >= 15 is 0 Å². The third-order valence-electron chi connectivity index (χ3n) is 30.0. The number of aryl methyl sites for hydroxylation is 8. The summed E-state index contributed by atoms with van der Waals surface area (Å²) in [6.07, 6.45) is 10.6. The van der Waals surface area contributed by atoms with E-state index in [0.29, 0.717) is 29.6 Å². The minimum atomic E-state index is 0.404. The van der Waals surface area contributed by atoms with Crippen LogP contribution in [0.3, 0.4) is 0 Å². The standard InChI is InChI=1S/C31H29N2.C31H37N2.C25H33N2.2C22H27N2/c1-22-23(2)30(29-20-11-12-21-32(29)4)33(24(22)3)31-27(25-14-7-5-8-15-25)18-13-19-28(31)26-16-9-6-10-17-26;1-20(2)27-18-26(25-14-10-9-11-15-25)19-28(21(3)4)31(27)33-24(7)22(5)23(6)30(33)29-16-12-13-17-32(29)8;1-16(2)21-12-11-13-22(17(3)4)25(21)27-20(7)18(5)19(6)24(27)23-14-9-10-15-26(23)8;1-14-12-15(2)21(16(3)13-14)24-19(6)17(4)18(5)22(24)20-10-8-9-11-23(20)7;1-15(2)19-11-7-8-12-20(19)24-18(5)16(3)17(4)22(24)21-13-9-10-14-23(21)6/h5-21H,1-4H3;9-21H,1-8H3;9-17H,1-8H3;8-13H,1-7H3;7-15H,1-6H3/q5*+1. The van der Waals surface area contributed by atoms with Crippen LogP contribution in [0, 0.1) is 125 Å². The van der Waals surface area contributed by atoms with E-state index in [2.05, 4.69) is 573 Å². The first-order chi connectivity index (χ1) is 67.3. The minimum absolute atomic E-state index is 0.404. The molecule has 10 heterocycles. The highest BCUT2D eigenvalue weighted by molar-refractivity contribution is 5.88. The fraction of sp³-hybridized carbons (Fsp3) is 0.290. The molecule has 0 aliphatic carbocycles. The Labute approximate surface area is 844 Å². The zero-order valence-electron chi connectivity index (χ0n) is 90.6. The molecular weight excluding hydrogens is 1710 g/mol. The summed E-state index contributed by atoms with van der Waals surface area (Å²) in [6, 6.07) is 96.0. The summed E-state index contributed by atoms with van der Waals surface area (Å²) in [5, 5.41) is 0. The molecule has 0 saturated carbocycles. The molecule has 10 aromatic heterocycles. The molecule has 0 saturated heterocycles. The van der Waals surface area contributed by atoms with Crippen molar-refractivity contribution in [3.8, 4) is 119 Å². The van der Waals surface area contributed by atoms with Gasteiger partial charge in [-0.1, -0.05) is 233 Å². The Morgan fingerprint density at radius 3 is 0.738 bits per heavy atom. The maximum Gasteiger partial charge on any atom is 0.229 e. The van der Waals surface area contributed by atoms with Gasteiger partial charge in [0.15, 0.2) is 31.0 Å². The Bertz CT molecular complexity index is 7430. The second-order valence-corrected chi connectivity index (χ2v) is 40.7.